The molecule has 0 aliphatic heterocycles. The molecule has 15 heavy (non-hydrogen) atoms. The number of rotatable bonds is 2. The highest BCUT2D eigenvalue weighted by Crippen LogP contribution is 2.29. The first-order valence-corrected chi connectivity index (χ1v) is 6.28. The summed E-state index contributed by atoms with van der Waals surface area (Å²) in [7, 11) is 0. The van der Waals surface area contributed by atoms with Crippen LogP contribution in [-0.4, -0.2) is 4.98 Å². The lowest BCUT2D eigenvalue weighted by molar-refractivity contribution is 1.25. The van der Waals surface area contributed by atoms with E-state index in [0.717, 1.165) is 25.2 Å². The Morgan fingerprint density at radius 3 is 2.87 bits per heavy atom. The number of nitrogens with one attached hydrogen (secondary N) is 1. The molecule has 0 saturated heterocycles. The van der Waals surface area contributed by atoms with Crippen LogP contribution in [0.5, 0.6) is 0 Å². The lowest BCUT2D eigenvalue weighted by atomic mass is 10.3. The minimum atomic E-state index is 0.771. The fourth-order valence-electron chi connectivity index (χ4n) is 1.17. The van der Waals surface area contributed by atoms with Gasteiger partial charge in [-0.05, 0) is 46.6 Å². The van der Waals surface area contributed by atoms with Gasteiger partial charge in [0.1, 0.15) is 5.82 Å². The summed E-state index contributed by atoms with van der Waals surface area (Å²) in [6, 6.07) is 5.82. The zero-order valence-corrected chi connectivity index (χ0v) is 11.1. The van der Waals surface area contributed by atoms with E-state index in [4.69, 9.17) is 11.6 Å². The third-order valence-electron chi connectivity index (χ3n) is 1.86. The van der Waals surface area contributed by atoms with Gasteiger partial charge in [0.2, 0.25) is 0 Å². The summed E-state index contributed by atoms with van der Waals surface area (Å²) in [4.78, 5) is 4.29. The van der Waals surface area contributed by atoms with Gasteiger partial charge in [0.05, 0.1) is 9.34 Å². The van der Waals surface area contributed by atoms with Gasteiger partial charge in [0.25, 0.3) is 0 Å². The van der Waals surface area contributed by atoms with Crippen LogP contribution in [0.3, 0.4) is 0 Å². The molecule has 2 aromatic rings. The van der Waals surface area contributed by atoms with Crippen molar-refractivity contribution in [1.82, 2.24) is 4.98 Å². The lowest BCUT2D eigenvalue weighted by Crippen LogP contribution is -1.93. The van der Waals surface area contributed by atoms with Crippen molar-refractivity contribution < 1.29 is 0 Å². The van der Waals surface area contributed by atoms with Crippen LogP contribution in [0, 0.1) is 6.92 Å². The van der Waals surface area contributed by atoms with E-state index < -0.39 is 0 Å². The Hall–Kier alpha value is -0.580. The third kappa shape index (κ3) is 2.71. The summed E-state index contributed by atoms with van der Waals surface area (Å²) in [5, 5.41) is 4.22. The molecule has 0 bridgehead atoms. The van der Waals surface area contributed by atoms with Crippen LogP contribution < -0.4 is 5.32 Å². The van der Waals surface area contributed by atoms with Crippen molar-refractivity contribution in [3.05, 3.63) is 38.8 Å². The zero-order chi connectivity index (χ0) is 10.8. The number of halogens is 2. The van der Waals surface area contributed by atoms with E-state index in [1.54, 1.807) is 6.20 Å². The molecule has 2 rings (SSSR count). The standard InChI is InChI=1S/C10H8BrClN2S/c1-6-4-7(11)5-13-10(6)14-9-3-2-8(12)15-9/h2-5H,1H3,(H,13,14). The molecule has 2 heterocycles. The molecule has 0 aliphatic carbocycles. The largest absolute Gasteiger partial charge is 0.332 e. The maximum Gasteiger partial charge on any atom is 0.133 e. The summed E-state index contributed by atoms with van der Waals surface area (Å²) >= 11 is 10.7. The number of anilines is 2. The second-order valence-corrected chi connectivity index (χ2v) is 5.68. The molecule has 1 N–H and O–H groups in total. The summed E-state index contributed by atoms with van der Waals surface area (Å²) in [6.45, 7) is 2.01. The van der Waals surface area contributed by atoms with Crippen LogP contribution >= 0.6 is 38.9 Å². The van der Waals surface area contributed by atoms with Gasteiger partial charge in [-0.3, -0.25) is 0 Å². The highest BCUT2D eigenvalue weighted by Gasteiger charge is 2.03. The zero-order valence-electron chi connectivity index (χ0n) is 7.92. The number of hydrogen-bond donors (Lipinski definition) is 1. The van der Waals surface area contributed by atoms with Crippen molar-refractivity contribution in [2.45, 2.75) is 6.92 Å². The molecule has 0 unspecified atom stereocenters. The number of aryl methyl sites for hydroxylation is 1. The van der Waals surface area contributed by atoms with Crippen molar-refractivity contribution in [2.24, 2.45) is 0 Å². The van der Waals surface area contributed by atoms with Gasteiger partial charge in [0.15, 0.2) is 0 Å². The Kier molecular flexibility index (Phi) is 3.29. The highest BCUT2D eigenvalue weighted by molar-refractivity contribution is 9.10. The van der Waals surface area contributed by atoms with Gasteiger partial charge in [-0.2, -0.15) is 0 Å². The third-order valence-corrected chi connectivity index (χ3v) is 3.44. The highest BCUT2D eigenvalue weighted by atomic mass is 79.9. The summed E-state index contributed by atoms with van der Waals surface area (Å²) in [6.07, 6.45) is 1.77. The van der Waals surface area contributed by atoms with Crippen LogP contribution in [0.4, 0.5) is 10.8 Å². The second kappa shape index (κ2) is 4.51. The molecule has 2 nitrogen and oxygen atoms in total. The minimum Gasteiger partial charge on any atom is -0.332 e. The van der Waals surface area contributed by atoms with Gasteiger partial charge >= 0.3 is 0 Å². The molecular formula is C10H8BrClN2S. The summed E-state index contributed by atoms with van der Waals surface area (Å²) in [5.41, 5.74) is 1.09. The van der Waals surface area contributed by atoms with Gasteiger partial charge in [-0.1, -0.05) is 11.6 Å². The van der Waals surface area contributed by atoms with Crippen LogP contribution in [0.15, 0.2) is 28.9 Å². The van der Waals surface area contributed by atoms with E-state index in [1.807, 2.05) is 25.1 Å². The molecular weight excluding hydrogens is 296 g/mol. The number of hydrogen-bond acceptors (Lipinski definition) is 3. The molecule has 5 heteroatoms. The Balaban J connectivity index is 2.24. The SMILES string of the molecule is Cc1cc(Br)cnc1Nc1ccc(Cl)s1. The monoisotopic (exact) mass is 302 g/mol. The fourth-order valence-corrected chi connectivity index (χ4v) is 2.56. The molecule has 0 amide bonds. The molecule has 0 spiro atoms. The van der Waals surface area contributed by atoms with Crippen LogP contribution in [0.25, 0.3) is 0 Å². The first-order chi connectivity index (χ1) is 7.15. The average molecular weight is 304 g/mol. The first-order valence-electron chi connectivity index (χ1n) is 4.29. The minimum absolute atomic E-state index is 0.771. The molecule has 0 fully saturated rings. The van der Waals surface area contributed by atoms with Crippen molar-refractivity contribution in [3.63, 3.8) is 0 Å². The van der Waals surface area contributed by atoms with E-state index >= 15 is 0 Å². The lowest BCUT2D eigenvalue weighted by Gasteiger charge is -2.05. The maximum atomic E-state index is 5.84. The Bertz CT molecular complexity index is 484. The first kappa shape index (κ1) is 10.9. The summed E-state index contributed by atoms with van der Waals surface area (Å²) in [5.74, 6) is 0.858. The fraction of sp³-hybridized carbons (Fsp3) is 0.100. The van der Waals surface area contributed by atoms with Gasteiger partial charge in [-0.15, -0.1) is 11.3 Å². The molecule has 0 saturated carbocycles. The number of pyridine rings is 1. The molecule has 2 aromatic heterocycles. The van der Waals surface area contributed by atoms with E-state index in [1.165, 1.54) is 11.3 Å². The summed E-state index contributed by atoms with van der Waals surface area (Å²) < 4.78 is 1.75. The van der Waals surface area contributed by atoms with Crippen molar-refractivity contribution >= 4 is 49.7 Å². The Morgan fingerprint density at radius 1 is 1.47 bits per heavy atom. The van der Waals surface area contributed by atoms with Gasteiger partial charge in [0, 0.05) is 10.7 Å². The normalized spacial score (nSPS) is 10.3. The Morgan fingerprint density at radius 2 is 2.27 bits per heavy atom. The molecule has 0 aliphatic rings. The molecule has 0 atom stereocenters. The topological polar surface area (TPSA) is 24.9 Å². The number of aromatic nitrogens is 1. The molecule has 0 radical (unpaired) electrons. The van der Waals surface area contributed by atoms with E-state index in [0.29, 0.717) is 0 Å². The molecule has 78 valence electrons. The van der Waals surface area contributed by atoms with Crippen molar-refractivity contribution in [1.29, 1.82) is 0 Å². The predicted molar refractivity (Wildman–Crippen MR) is 69.3 cm³/mol. The van der Waals surface area contributed by atoms with Crippen LogP contribution in [0.2, 0.25) is 4.34 Å². The van der Waals surface area contributed by atoms with Gasteiger partial charge in [-0.25, -0.2) is 4.98 Å². The van der Waals surface area contributed by atoms with Gasteiger partial charge < -0.3 is 5.32 Å². The predicted octanol–water partition coefficient (Wildman–Crippen LogP) is 4.61. The van der Waals surface area contributed by atoms with E-state index in [9.17, 15) is 0 Å². The van der Waals surface area contributed by atoms with Crippen molar-refractivity contribution in [3.8, 4) is 0 Å². The van der Waals surface area contributed by atoms with Crippen LogP contribution in [-0.2, 0) is 0 Å². The van der Waals surface area contributed by atoms with Crippen LogP contribution in [0.1, 0.15) is 5.56 Å². The smallest absolute Gasteiger partial charge is 0.133 e. The second-order valence-electron chi connectivity index (χ2n) is 3.05. The van der Waals surface area contributed by atoms with E-state index in [2.05, 4.69) is 26.2 Å². The quantitative estimate of drug-likeness (QED) is 0.876. The van der Waals surface area contributed by atoms with Crippen molar-refractivity contribution in [2.75, 3.05) is 5.32 Å². The Labute approximate surface area is 105 Å². The maximum absolute atomic E-state index is 5.84. The molecule has 0 aromatic carbocycles. The number of nitrogens with zero attached hydrogens (tertiary/aromatic N) is 1. The number of thiophene rings is 1. The van der Waals surface area contributed by atoms with E-state index in [-0.39, 0.29) is 0 Å². The average Bonchev–Trinajstić information content (AvgIpc) is 2.56.